The van der Waals surface area contributed by atoms with Gasteiger partial charge in [-0.3, -0.25) is 4.79 Å². The van der Waals surface area contributed by atoms with Gasteiger partial charge in [0.2, 0.25) is 0 Å². The summed E-state index contributed by atoms with van der Waals surface area (Å²) in [6.07, 6.45) is 3.58. The van der Waals surface area contributed by atoms with Crippen LogP contribution in [0.1, 0.15) is 11.3 Å². The number of piperazine rings is 1. The zero-order chi connectivity index (χ0) is 20.7. The van der Waals surface area contributed by atoms with Crippen LogP contribution in [0.5, 0.6) is 0 Å². The number of rotatable bonds is 3. The molecule has 1 saturated heterocycles. The number of likely N-dealkylation sites (N-methyl/N-ethyl adjacent to an activating group) is 1. The second kappa shape index (κ2) is 7.63. The van der Waals surface area contributed by atoms with Crippen molar-refractivity contribution in [3.05, 3.63) is 65.0 Å². The topological polar surface area (TPSA) is 61.6 Å². The Labute approximate surface area is 179 Å². The average molecular weight is 421 g/mol. The molecule has 1 aromatic carbocycles. The number of carbonyl (C=O) groups is 1. The van der Waals surface area contributed by atoms with Crippen LogP contribution >= 0.6 is 11.6 Å². The van der Waals surface area contributed by atoms with Crippen LogP contribution < -0.4 is 10.2 Å². The number of halogens is 1. The number of amides is 1. The van der Waals surface area contributed by atoms with E-state index in [1.807, 2.05) is 30.5 Å². The summed E-state index contributed by atoms with van der Waals surface area (Å²) in [4.78, 5) is 21.6. The Morgan fingerprint density at radius 3 is 2.70 bits per heavy atom. The lowest BCUT2D eigenvalue weighted by atomic mass is 10.1. The zero-order valence-electron chi connectivity index (χ0n) is 16.6. The molecule has 0 atom stereocenters. The smallest absolute Gasteiger partial charge is 0.256 e. The highest BCUT2D eigenvalue weighted by atomic mass is 35.5. The van der Waals surface area contributed by atoms with Gasteiger partial charge in [0.05, 0.1) is 5.57 Å². The number of anilines is 2. The van der Waals surface area contributed by atoms with Gasteiger partial charge in [0.25, 0.3) is 5.91 Å². The second-order valence-corrected chi connectivity index (χ2v) is 8.04. The lowest BCUT2D eigenvalue weighted by molar-refractivity contribution is -0.110. The first-order valence-corrected chi connectivity index (χ1v) is 10.3. The van der Waals surface area contributed by atoms with Crippen molar-refractivity contribution < 1.29 is 9.21 Å². The van der Waals surface area contributed by atoms with E-state index < -0.39 is 0 Å². The number of hydrogen-bond acceptors (Lipinski definition) is 5. The van der Waals surface area contributed by atoms with Crippen molar-refractivity contribution in [1.82, 2.24) is 9.88 Å². The van der Waals surface area contributed by atoms with E-state index in [1.165, 1.54) is 0 Å². The van der Waals surface area contributed by atoms with Crippen LogP contribution in [0.25, 0.3) is 23.0 Å². The Balaban J connectivity index is 1.37. The molecule has 4 heterocycles. The summed E-state index contributed by atoms with van der Waals surface area (Å²) >= 11 is 6.10. The first-order valence-electron chi connectivity index (χ1n) is 9.89. The first-order chi connectivity index (χ1) is 14.6. The minimum absolute atomic E-state index is 0.164. The van der Waals surface area contributed by atoms with Gasteiger partial charge in [0.1, 0.15) is 17.3 Å². The Kier molecular flexibility index (Phi) is 4.81. The molecule has 0 aliphatic carbocycles. The van der Waals surface area contributed by atoms with Crippen LogP contribution in [0, 0.1) is 0 Å². The summed E-state index contributed by atoms with van der Waals surface area (Å²) < 4.78 is 5.98. The molecule has 1 amide bonds. The highest BCUT2D eigenvalue weighted by Gasteiger charge is 2.24. The lowest BCUT2D eigenvalue weighted by Crippen LogP contribution is -2.44. The molecule has 152 valence electrons. The van der Waals surface area contributed by atoms with Crippen molar-refractivity contribution >= 4 is 40.7 Å². The van der Waals surface area contributed by atoms with Gasteiger partial charge >= 0.3 is 0 Å². The molecule has 5 rings (SSSR count). The van der Waals surface area contributed by atoms with Crippen molar-refractivity contribution in [3.63, 3.8) is 0 Å². The number of hydrogen-bond donors (Lipinski definition) is 1. The number of nitrogens with one attached hydrogen (secondary N) is 1. The minimum Gasteiger partial charge on any atom is -0.457 e. The number of carbonyl (C=O) groups excluding carboxylic acids is 1. The molecule has 0 radical (unpaired) electrons. The summed E-state index contributed by atoms with van der Waals surface area (Å²) in [7, 11) is 2.14. The van der Waals surface area contributed by atoms with E-state index in [0.717, 1.165) is 48.8 Å². The molecule has 7 heteroatoms. The molecular formula is C23H21ClN4O2. The maximum Gasteiger partial charge on any atom is 0.256 e. The molecule has 0 saturated carbocycles. The number of pyridine rings is 1. The first kappa shape index (κ1) is 18.9. The fourth-order valence-corrected chi connectivity index (χ4v) is 3.96. The summed E-state index contributed by atoms with van der Waals surface area (Å²) in [5.74, 6) is 2.13. The van der Waals surface area contributed by atoms with E-state index in [9.17, 15) is 4.79 Å². The number of fused-ring (bicyclic) bond motifs is 1. The van der Waals surface area contributed by atoms with Crippen molar-refractivity contribution in [3.8, 4) is 11.3 Å². The fourth-order valence-electron chi connectivity index (χ4n) is 3.79. The molecule has 1 N–H and O–H groups in total. The predicted octanol–water partition coefficient (Wildman–Crippen LogP) is 4.24. The van der Waals surface area contributed by atoms with Crippen LogP contribution in [0.2, 0.25) is 5.02 Å². The number of aromatic nitrogens is 1. The average Bonchev–Trinajstić information content (AvgIpc) is 3.34. The maximum atomic E-state index is 12.3. The second-order valence-electron chi connectivity index (χ2n) is 7.60. The standard InChI is InChI=1S/C23H21ClN4O2/c1-27-8-10-28(11-9-27)22-7-2-15(14-25-22)21-6-4-17(30-21)13-19-18-12-16(24)3-5-20(18)26-23(19)29/h2-7,12-14H,8-11H2,1H3,(H,26,29)/b19-13-. The van der Waals surface area contributed by atoms with E-state index in [1.54, 1.807) is 24.3 Å². The molecule has 0 spiro atoms. The van der Waals surface area contributed by atoms with Crippen molar-refractivity contribution in [2.24, 2.45) is 0 Å². The molecule has 1 fully saturated rings. The Morgan fingerprint density at radius 2 is 1.93 bits per heavy atom. The quantitative estimate of drug-likeness (QED) is 0.642. The monoisotopic (exact) mass is 420 g/mol. The Morgan fingerprint density at radius 1 is 1.10 bits per heavy atom. The third-order valence-electron chi connectivity index (χ3n) is 5.54. The molecule has 2 aliphatic rings. The number of benzene rings is 1. The van der Waals surface area contributed by atoms with Gasteiger partial charge in [-0.1, -0.05) is 11.6 Å². The summed E-state index contributed by atoms with van der Waals surface area (Å²) in [5, 5.41) is 3.43. The van der Waals surface area contributed by atoms with Crippen molar-refractivity contribution in [2.75, 3.05) is 43.4 Å². The summed E-state index contributed by atoms with van der Waals surface area (Å²) in [5.41, 5.74) is 2.98. The number of nitrogens with zero attached hydrogens (tertiary/aromatic N) is 3. The normalized spacial score (nSPS) is 18.0. The molecule has 2 aromatic heterocycles. The minimum atomic E-state index is -0.164. The van der Waals surface area contributed by atoms with Crippen LogP contribution in [-0.4, -0.2) is 49.0 Å². The van der Waals surface area contributed by atoms with E-state index in [4.69, 9.17) is 16.0 Å². The van der Waals surface area contributed by atoms with Crippen LogP contribution in [-0.2, 0) is 4.79 Å². The van der Waals surface area contributed by atoms with Gasteiger partial charge in [0.15, 0.2) is 0 Å². The van der Waals surface area contributed by atoms with E-state index >= 15 is 0 Å². The molecule has 2 aliphatic heterocycles. The fraction of sp³-hybridized carbons (Fsp3) is 0.217. The third-order valence-corrected chi connectivity index (χ3v) is 5.77. The van der Waals surface area contributed by atoms with Gasteiger partial charge in [-0.2, -0.15) is 0 Å². The van der Waals surface area contributed by atoms with Gasteiger partial charge < -0.3 is 19.5 Å². The lowest BCUT2D eigenvalue weighted by Gasteiger charge is -2.33. The van der Waals surface area contributed by atoms with Crippen LogP contribution in [0.15, 0.2) is 53.1 Å². The summed E-state index contributed by atoms with van der Waals surface area (Å²) in [6, 6.07) is 13.1. The van der Waals surface area contributed by atoms with Crippen LogP contribution in [0.3, 0.4) is 0 Å². The molecule has 3 aromatic rings. The van der Waals surface area contributed by atoms with Gasteiger partial charge in [-0.15, -0.1) is 0 Å². The SMILES string of the molecule is CN1CCN(c2ccc(-c3ccc(/C=C4\C(=O)Nc5ccc(Cl)cc54)o3)cn2)CC1. The van der Waals surface area contributed by atoms with E-state index in [2.05, 4.69) is 27.1 Å². The highest BCUT2D eigenvalue weighted by molar-refractivity contribution is 6.36. The maximum absolute atomic E-state index is 12.3. The Hall–Kier alpha value is -3.09. The Bertz CT molecular complexity index is 1130. The van der Waals surface area contributed by atoms with Crippen LogP contribution in [0.4, 0.5) is 11.5 Å². The molecule has 0 unspecified atom stereocenters. The van der Waals surface area contributed by atoms with Gasteiger partial charge in [-0.05, 0) is 55.6 Å². The van der Waals surface area contributed by atoms with Gasteiger partial charge in [-0.25, -0.2) is 4.98 Å². The van der Waals surface area contributed by atoms with Crippen molar-refractivity contribution in [1.29, 1.82) is 0 Å². The zero-order valence-corrected chi connectivity index (χ0v) is 17.3. The molecule has 0 bridgehead atoms. The molecule has 6 nitrogen and oxygen atoms in total. The van der Waals surface area contributed by atoms with Crippen molar-refractivity contribution in [2.45, 2.75) is 0 Å². The van der Waals surface area contributed by atoms with E-state index in [0.29, 0.717) is 22.1 Å². The third kappa shape index (κ3) is 3.60. The number of furan rings is 1. The largest absolute Gasteiger partial charge is 0.457 e. The highest BCUT2D eigenvalue weighted by Crippen LogP contribution is 2.35. The van der Waals surface area contributed by atoms with Gasteiger partial charge in [0, 0.05) is 54.2 Å². The summed E-state index contributed by atoms with van der Waals surface area (Å²) in [6.45, 7) is 4.05. The van der Waals surface area contributed by atoms with E-state index in [-0.39, 0.29) is 5.91 Å². The molecular weight excluding hydrogens is 400 g/mol. The predicted molar refractivity (Wildman–Crippen MR) is 120 cm³/mol. The molecule has 30 heavy (non-hydrogen) atoms.